The van der Waals surface area contributed by atoms with E-state index in [1.165, 1.54) is 0 Å². The average molecular weight is 412 g/mol. The quantitative estimate of drug-likeness (QED) is 0.653. The van der Waals surface area contributed by atoms with Crippen molar-refractivity contribution in [2.75, 3.05) is 33.2 Å². The summed E-state index contributed by atoms with van der Waals surface area (Å²) in [6, 6.07) is 10.5. The van der Waals surface area contributed by atoms with Crippen molar-refractivity contribution in [2.24, 2.45) is 5.92 Å². The van der Waals surface area contributed by atoms with E-state index >= 15 is 0 Å². The fourth-order valence-corrected chi connectivity index (χ4v) is 3.74. The van der Waals surface area contributed by atoms with E-state index in [1.54, 1.807) is 0 Å². The third-order valence-electron chi connectivity index (χ3n) is 5.18. The Kier molecular flexibility index (Phi) is 10.5. The zero-order valence-electron chi connectivity index (χ0n) is 17.1. The molecule has 1 atom stereocenters. The van der Waals surface area contributed by atoms with Crippen molar-refractivity contribution in [3.05, 3.63) is 35.9 Å². The van der Waals surface area contributed by atoms with Crippen molar-refractivity contribution >= 4 is 24.3 Å². The smallest absolute Gasteiger partial charge is 0.317 e. The topological polar surface area (TPSA) is 72.9 Å². The number of aliphatic carboxylic acids is 1. The van der Waals surface area contributed by atoms with Crippen LogP contribution in [0.25, 0.3) is 0 Å². The van der Waals surface area contributed by atoms with Gasteiger partial charge in [-0.3, -0.25) is 19.4 Å². The third kappa shape index (κ3) is 8.17. The minimum atomic E-state index is -0.795. The normalized spacial score (nSPS) is 16.6. The number of hydrogen-bond acceptors (Lipinski definition) is 4. The Hall–Kier alpha value is -1.63. The van der Waals surface area contributed by atoms with E-state index in [0.717, 1.165) is 37.9 Å². The number of rotatable bonds is 9. The summed E-state index contributed by atoms with van der Waals surface area (Å²) in [6.45, 7) is 6.45. The molecule has 1 fully saturated rings. The Balaban J connectivity index is 0.00000392. The highest BCUT2D eigenvalue weighted by atomic mass is 35.5. The van der Waals surface area contributed by atoms with Crippen LogP contribution in [0, 0.1) is 5.92 Å². The molecule has 0 aliphatic carbocycles. The molecule has 1 heterocycles. The number of piperidine rings is 1. The highest BCUT2D eigenvalue weighted by molar-refractivity contribution is 5.85. The van der Waals surface area contributed by atoms with Gasteiger partial charge in [-0.25, -0.2) is 0 Å². The maximum Gasteiger partial charge on any atom is 0.317 e. The second-order valence-electron chi connectivity index (χ2n) is 7.98. The molecule has 2 rings (SSSR count). The van der Waals surface area contributed by atoms with Gasteiger partial charge in [-0.15, -0.1) is 12.4 Å². The molecular formula is C21H34ClN3O3. The van der Waals surface area contributed by atoms with Gasteiger partial charge in [0.05, 0.1) is 19.1 Å². The summed E-state index contributed by atoms with van der Waals surface area (Å²) in [5, 5.41) is 12.1. The number of nitrogens with zero attached hydrogens (tertiary/aromatic N) is 2. The Morgan fingerprint density at radius 2 is 1.82 bits per heavy atom. The predicted molar refractivity (Wildman–Crippen MR) is 114 cm³/mol. The first-order valence-electron chi connectivity index (χ1n) is 9.84. The van der Waals surface area contributed by atoms with Gasteiger partial charge < -0.3 is 10.4 Å². The van der Waals surface area contributed by atoms with Crippen LogP contribution in [0.2, 0.25) is 0 Å². The van der Waals surface area contributed by atoms with Gasteiger partial charge >= 0.3 is 5.97 Å². The second-order valence-corrected chi connectivity index (χ2v) is 7.98. The number of halogens is 1. The van der Waals surface area contributed by atoms with Crippen LogP contribution >= 0.6 is 12.4 Å². The van der Waals surface area contributed by atoms with Crippen LogP contribution in [-0.2, 0) is 9.59 Å². The molecule has 6 nitrogen and oxygen atoms in total. The van der Waals surface area contributed by atoms with Gasteiger partial charge in [-0.2, -0.15) is 0 Å². The molecule has 1 saturated heterocycles. The monoisotopic (exact) mass is 411 g/mol. The molecular weight excluding hydrogens is 378 g/mol. The highest BCUT2D eigenvalue weighted by Crippen LogP contribution is 2.21. The van der Waals surface area contributed by atoms with Gasteiger partial charge in [-0.1, -0.05) is 44.2 Å². The average Bonchev–Trinajstić information content (AvgIpc) is 2.61. The van der Waals surface area contributed by atoms with E-state index in [1.807, 2.05) is 30.1 Å². The molecule has 1 aliphatic rings. The van der Waals surface area contributed by atoms with Crippen molar-refractivity contribution < 1.29 is 14.7 Å². The fourth-order valence-electron chi connectivity index (χ4n) is 3.74. The van der Waals surface area contributed by atoms with Crippen LogP contribution in [-0.4, -0.2) is 66.1 Å². The van der Waals surface area contributed by atoms with Crippen molar-refractivity contribution in [2.45, 2.75) is 45.2 Å². The lowest BCUT2D eigenvalue weighted by Crippen LogP contribution is -2.47. The lowest BCUT2D eigenvalue weighted by molar-refractivity contribution is -0.138. The number of nitrogens with one attached hydrogen (secondary N) is 1. The molecule has 2 N–H and O–H groups in total. The van der Waals surface area contributed by atoms with E-state index in [2.05, 4.69) is 36.2 Å². The summed E-state index contributed by atoms with van der Waals surface area (Å²) < 4.78 is 0. The number of likely N-dealkylation sites (N-methyl/N-ethyl adjacent to an activating group) is 1. The SMILES string of the molecule is CC(C)CC(NC(=O)CN1CCC(N(C)CC(=O)O)CC1)c1ccccc1.Cl. The summed E-state index contributed by atoms with van der Waals surface area (Å²) in [5.74, 6) is -0.241. The molecule has 7 heteroatoms. The molecule has 28 heavy (non-hydrogen) atoms. The molecule has 1 amide bonds. The van der Waals surface area contributed by atoms with E-state index < -0.39 is 5.97 Å². The fraction of sp³-hybridized carbons (Fsp3) is 0.619. The summed E-state index contributed by atoms with van der Waals surface area (Å²) >= 11 is 0. The number of carboxylic acid groups (broad SMARTS) is 1. The zero-order valence-corrected chi connectivity index (χ0v) is 18.0. The highest BCUT2D eigenvalue weighted by Gasteiger charge is 2.25. The minimum Gasteiger partial charge on any atom is -0.480 e. The third-order valence-corrected chi connectivity index (χ3v) is 5.18. The molecule has 0 saturated carbocycles. The van der Waals surface area contributed by atoms with Crippen molar-refractivity contribution in [3.63, 3.8) is 0 Å². The van der Waals surface area contributed by atoms with Crippen LogP contribution in [0.15, 0.2) is 30.3 Å². The lowest BCUT2D eigenvalue weighted by Gasteiger charge is -2.36. The first-order chi connectivity index (χ1) is 12.8. The zero-order chi connectivity index (χ0) is 19.8. The Morgan fingerprint density at radius 1 is 1.21 bits per heavy atom. The number of carboxylic acids is 1. The number of amides is 1. The first kappa shape index (κ1) is 24.4. The van der Waals surface area contributed by atoms with Gasteiger partial charge in [0, 0.05) is 19.1 Å². The van der Waals surface area contributed by atoms with E-state index in [4.69, 9.17) is 5.11 Å². The van der Waals surface area contributed by atoms with Crippen molar-refractivity contribution in [1.29, 1.82) is 0 Å². The molecule has 0 aromatic heterocycles. The standard InChI is InChI=1S/C21H33N3O3.ClH/c1-16(2)13-19(17-7-5-4-6-8-17)22-20(25)14-24-11-9-18(10-12-24)23(3)15-21(26)27;/h4-8,16,18-19H,9-15H2,1-3H3,(H,22,25)(H,26,27);1H. The largest absolute Gasteiger partial charge is 0.480 e. The molecule has 1 unspecified atom stereocenters. The van der Waals surface area contributed by atoms with E-state index in [0.29, 0.717) is 12.5 Å². The van der Waals surface area contributed by atoms with Crippen molar-refractivity contribution in [1.82, 2.24) is 15.1 Å². The number of benzene rings is 1. The predicted octanol–water partition coefficient (Wildman–Crippen LogP) is 2.79. The first-order valence-corrected chi connectivity index (χ1v) is 9.84. The summed E-state index contributed by atoms with van der Waals surface area (Å²) in [6.07, 6.45) is 2.70. The van der Waals surface area contributed by atoms with E-state index in [-0.39, 0.29) is 36.9 Å². The molecule has 1 aliphatic heterocycles. The van der Waals surface area contributed by atoms with Crippen LogP contribution in [0.4, 0.5) is 0 Å². The molecule has 0 spiro atoms. The summed E-state index contributed by atoms with van der Waals surface area (Å²) in [7, 11) is 1.86. The maximum absolute atomic E-state index is 12.6. The van der Waals surface area contributed by atoms with Gasteiger partial charge in [0.2, 0.25) is 5.91 Å². The molecule has 1 aromatic carbocycles. The van der Waals surface area contributed by atoms with Crippen LogP contribution in [0.1, 0.15) is 44.7 Å². The summed E-state index contributed by atoms with van der Waals surface area (Å²) in [5.41, 5.74) is 1.15. The summed E-state index contributed by atoms with van der Waals surface area (Å²) in [4.78, 5) is 27.5. The van der Waals surface area contributed by atoms with E-state index in [9.17, 15) is 9.59 Å². The van der Waals surface area contributed by atoms with Crippen molar-refractivity contribution in [3.8, 4) is 0 Å². The van der Waals surface area contributed by atoms with Crippen LogP contribution in [0.3, 0.4) is 0 Å². The van der Waals surface area contributed by atoms with Crippen LogP contribution < -0.4 is 5.32 Å². The molecule has 0 radical (unpaired) electrons. The van der Waals surface area contributed by atoms with Gasteiger partial charge in [0.15, 0.2) is 0 Å². The Bertz CT molecular complexity index is 604. The van der Waals surface area contributed by atoms with Gasteiger partial charge in [-0.05, 0) is 37.8 Å². The van der Waals surface area contributed by atoms with Gasteiger partial charge in [0.25, 0.3) is 0 Å². The Labute approximate surface area is 174 Å². The Morgan fingerprint density at radius 3 is 2.36 bits per heavy atom. The lowest BCUT2D eigenvalue weighted by atomic mass is 9.97. The molecule has 158 valence electrons. The van der Waals surface area contributed by atoms with Gasteiger partial charge in [0.1, 0.15) is 0 Å². The minimum absolute atomic E-state index is 0. The number of hydrogen-bond donors (Lipinski definition) is 2. The molecule has 0 bridgehead atoms. The second kappa shape index (κ2) is 12.0. The van der Waals surface area contributed by atoms with Crippen LogP contribution in [0.5, 0.6) is 0 Å². The number of carbonyl (C=O) groups is 2. The maximum atomic E-state index is 12.6. The number of likely N-dealkylation sites (tertiary alicyclic amines) is 1. The molecule has 1 aromatic rings. The number of carbonyl (C=O) groups excluding carboxylic acids is 1.